The molecular formula is C17H20N2O6. The molecule has 1 aromatic heterocycles. The topological polar surface area (TPSA) is 111 Å². The molecule has 0 spiro atoms. The predicted octanol–water partition coefficient (Wildman–Crippen LogP) is 1.72. The highest BCUT2D eigenvalue weighted by molar-refractivity contribution is 6.27. The van der Waals surface area contributed by atoms with E-state index in [0.29, 0.717) is 13.2 Å². The third kappa shape index (κ3) is 5.40. The van der Waals surface area contributed by atoms with Gasteiger partial charge in [-0.05, 0) is 6.42 Å². The minimum Gasteiger partial charge on any atom is -0.473 e. The van der Waals surface area contributed by atoms with Gasteiger partial charge in [0.1, 0.15) is 0 Å². The van der Waals surface area contributed by atoms with Gasteiger partial charge in [0.25, 0.3) is 0 Å². The molecule has 1 fully saturated rings. The smallest absolute Gasteiger partial charge is 0.414 e. The Bertz CT molecular complexity index is 654. The van der Waals surface area contributed by atoms with E-state index < -0.39 is 17.7 Å². The molecule has 134 valence electrons. The van der Waals surface area contributed by atoms with Crippen molar-refractivity contribution in [3.05, 3.63) is 54.6 Å². The first-order chi connectivity index (χ1) is 12.0. The molecule has 2 aromatic rings. The van der Waals surface area contributed by atoms with Crippen LogP contribution in [-0.4, -0.2) is 44.9 Å². The number of aliphatic carboxylic acids is 2. The van der Waals surface area contributed by atoms with E-state index in [2.05, 4.69) is 21.7 Å². The van der Waals surface area contributed by atoms with Crippen molar-refractivity contribution in [1.82, 2.24) is 9.55 Å². The molecule has 25 heavy (non-hydrogen) atoms. The summed E-state index contributed by atoms with van der Waals surface area (Å²) in [6.45, 7) is 2.27. The Hall–Kier alpha value is -2.71. The van der Waals surface area contributed by atoms with Gasteiger partial charge in [0.15, 0.2) is 5.79 Å². The number of nitrogens with zero attached hydrogens (tertiary/aromatic N) is 2. The Kier molecular flexibility index (Phi) is 6.67. The SMILES string of the molecule is O=C(O)C(=O)O.c1ccc(C2(CCCn3ccnc3)OCCO2)cc1. The molecule has 0 amide bonds. The number of carboxylic acids is 2. The van der Waals surface area contributed by atoms with Gasteiger partial charge in [-0.3, -0.25) is 0 Å². The molecule has 0 unspecified atom stereocenters. The first-order valence-electron chi connectivity index (χ1n) is 7.79. The highest BCUT2D eigenvalue weighted by Gasteiger charge is 2.37. The van der Waals surface area contributed by atoms with Gasteiger partial charge < -0.3 is 24.3 Å². The summed E-state index contributed by atoms with van der Waals surface area (Å²) < 4.78 is 13.9. The zero-order chi connectivity index (χ0) is 18.1. The molecule has 8 nitrogen and oxygen atoms in total. The number of carboxylic acid groups (broad SMARTS) is 2. The molecule has 2 N–H and O–H groups in total. The lowest BCUT2D eigenvalue weighted by Gasteiger charge is -2.28. The molecule has 0 atom stereocenters. The highest BCUT2D eigenvalue weighted by atomic mass is 16.7. The summed E-state index contributed by atoms with van der Waals surface area (Å²) in [4.78, 5) is 22.2. The number of benzene rings is 1. The number of hydrogen-bond acceptors (Lipinski definition) is 5. The minimum atomic E-state index is -1.82. The molecular weight excluding hydrogens is 328 g/mol. The standard InChI is InChI=1S/C15H18N2O2.C2H2O4/c1-2-5-14(6-3-1)15(18-11-12-19-15)7-4-9-17-10-8-16-13-17;3-1(4)2(5)6/h1-3,5-6,8,10,13H,4,7,9,11-12H2;(H,3,4)(H,5,6). The minimum absolute atomic E-state index is 0.554. The van der Waals surface area contributed by atoms with Crippen LogP contribution in [0.1, 0.15) is 18.4 Å². The summed E-state index contributed by atoms with van der Waals surface area (Å²) in [5.74, 6) is -4.20. The number of rotatable bonds is 5. The van der Waals surface area contributed by atoms with Crippen LogP contribution in [0.5, 0.6) is 0 Å². The lowest BCUT2D eigenvalue weighted by Crippen LogP contribution is -2.27. The fourth-order valence-corrected chi connectivity index (χ4v) is 2.52. The Labute approximate surface area is 144 Å². The van der Waals surface area contributed by atoms with Gasteiger partial charge in [-0.2, -0.15) is 0 Å². The number of aryl methyl sites for hydroxylation is 1. The van der Waals surface area contributed by atoms with Crippen LogP contribution in [0.2, 0.25) is 0 Å². The molecule has 0 aliphatic carbocycles. The van der Waals surface area contributed by atoms with E-state index in [1.165, 1.54) is 0 Å². The zero-order valence-electron chi connectivity index (χ0n) is 13.6. The van der Waals surface area contributed by atoms with E-state index in [9.17, 15) is 0 Å². The Morgan fingerprint density at radius 2 is 1.76 bits per heavy atom. The summed E-state index contributed by atoms with van der Waals surface area (Å²) in [6, 6.07) is 10.2. The molecule has 3 rings (SSSR count). The first kappa shape index (κ1) is 18.6. The van der Waals surface area contributed by atoms with E-state index in [4.69, 9.17) is 29.3 Å². The monoisotopic (exact) mass is 348 g/mol. The van der Waals surface area contributed by atoms with Crippen LogP contribution in [0.15, 0.2) is 49.1 Å². The second kappa shape index (κ2) is 8.95. The van der Waals surface area contributed by atoms with Crippen molar-refractivity contribution < 1.29 is 29.3 Å². The third-order valence-corrected chi connectivity index (χ3v) is 3.63. The number of carbonyl (C=O) groups is 2. The molecule has 1 aromatic carbocycles. The number of ether oxygens (including phenoxy) is 2. The van der Waals surface area contributed by atoms with Crippen LogP contribution in [-0.2, 0) is 31.4 Å². The fourth-order valence-electron chi connectivity index (χ4n) is 2.52. The number of hydrogen-bond donors (Lipinski definition) is 2. The maximum atomic E-state index is 9.10. The molecule has 1 aliphatic rings. The second-order valence-corrected chi connectivity index (χ2v) is 5.33. The molecule has 0 radical (unpaired) electrons. The fraction of sp³-hybridized carbons (Fsp3) is 0.353. The first-order valence-corrected chi connectivity index (χ1v) is 7.79. The van der Waals surface area contributed by atoms with Crippen LogP contribution in [0.3, 0.4) is 0 Å². The van der Waals surface area contributed by atoms with E-state index in [0.717, 1.165) is 24.9 Å². The number of imidazole rings is 1. The van der Waals surface area contributed by atoms with E-state index in [-0.39, 0.29) is 0 Å². The van der Waals surface area contributed by atoms with Crippen LogP contribution >= 0.6 is 0 Å². The summed E-state index contributed by atoms with van der Waals surface area (Å²) in [5, 5.41) is 14.8. The maximum Gasteiger partial charge on any atom is 0.414 e. The predicted molar refractivity (Wildman–Crippen MR) is 86.8 cm³/mol. The quantitative estimate of drug-likeness (QED) is 0.791. The average Bonchev–Trinajstić information content (AvgIpc) is 3.29. The van der Waals surface area contributed by atoms with Crippen molar-refractivity contribution in [1.29, 1.82) is 0 Å². The summed E-state index contributed by atoms with van der Waals surface area (Å²) in [5.41, 5.74) is 1.11. The summed E-state index contributed by atoms with van der Waals surface area (Å²) >= 11 is 0. The molecule has 0 bridgehead atoms. The molecule has 2 heterocycles. The van der Waals surface area contributed by atoms with Crippen LogP contribution in [0.25, 0.3) is 0 Å². The van der Waals surface area contributed by atoms with Gasteiger partial charge in [0.05, 0.1) is 19.5 Å². The Balaban J connectivity index is 0.000000326. The molecule has 0 saturated carbocycles. The van der Waals surface area contributed by atoms with Crippen LogP contribution in [0.4, 0.5) is 0 Å². The van der Waals surface area contributed by atoms with Crippen molar-refractivity contribution in [2.24, 2.45) is 0 Å². The van der Waals surface area contributed by atoms with Crippen molar-refractivity contribution in [2.45, 2.75) is 25.2 Å². The zero-order valence-corrected chi connectivity index (χ0v) is 13.6. The summed E-state index contributed by atoms with van der Waals surface area (Å²) in [6.07, 6.45) is 7.47. The van der Waals surface area contributed by atoms with Gasteiger partial charge in [-0.1, -0.05) is 30.3 Å². The largest absolute Gasteiger partial charge is 0.473 e. The molecule has 1 saturated heterocycles. The van der Waals surface area contributed by atoms with Crippen LogP contribution < -0.4 is 0 Å². The van der Waals surface area contributed by atoms with Gasteiger partial charge >= 0.3 is 11.9 Å². The Morgan fingerprint density at radius 1 is 1.12 bits per heavy atom. The van der Waals surface area contributed by atoms with E-state index in [1.807, 2.05) is 30.7 Å². The normalized spacial score (nSPS) is 15.2. The molecule has 1 aliphatic heterocycles. The van der Waals surface area contributed by atoms with Crippen molar-refractivity contribution in [3.63, 3.8) is 0 Å². The van der Waals surface area contributed by atoms with Crippen molar-refractivity contribution in [3.8, 4) is 0 Å². The average molecular weight is 348 g/mol. The van der Waals surface area contributed by atoms with E-state index in [1.54, 1.807) is 6.20 Å². The van der Waals surface area contributed by atoms with Gasteiger partial charge in [0, 0.05) is 30.9 Å². The maximum absolute atomic E-state index is 9.10. The van der Waals surface area contributed by atoms with E-state index >= 15 is 0 Å². The second-order valence-electron chi connectivity index (χ2n) is 5.33. The summed E-state index contributed by atoms with van der Waals surface area (Å²) in [7, 11) is 0. The lowest BCUT2D eigenvalue weighted by molar-refractivity contribution is -0.172. The lowest BCUT2D eigenvalue weighted by atomic mass is 10.0. The van der Waals surface area contributed by atoms with Gasteiger partial charge in [-0.25, -0.2) is 14.6 Å². The van der Waals surface area contributed by atoms with Gasteiger partial charge in [-0.15, -0.1) is 0 Å². The molecule has 8 heteroatoms. The third-order valence-electron chi connectivity index (χ3n) is 3.63. The number of aromatic nitrogens is 2. The van der Waals surface area contributed by atoms with Gasteiger partial charge in [0.2, 0.25) is 0 Å². The van der Waals surface area contributed by atoms with Crippen molar-refractivity contribution >= 4 is 11.9 Å². The van der Waals surface area contributed by atoms with Crippen LogP contribution in [0, 0.1) is 0 Å². The Morgan fingerprint density at radius 3 is 2.28 bits per heavy atom. The van der Waals surface area contributed by atoms with Crippen molar-refractivity contribution in [2.75, 3.05) is 13.2 Å². The highest BCUT2D eigenvalue weighted by Crippen LogP contribution is 2.35.